The van der Waals surface area contributed by atoms with Crippen molar-refractivity contribution in [1.29, 1.82) is 0 Å². The van der Waals surface area contributed by atoms with Crippen LogP contribution < -0.4 is 14.8 Å². The van der Waals surface area contributed by atoms with Crippen molar-refractivity contribution in [2.24, 2.45) is 0 Å². The van der Waals surface area contributed by atoms with Gasteiger partial charge in [0.25, 0.3) is 0 Å². The smallest absolute Gasteiger partial charge is 0.162 e. The first-order valence-electron chi connectivity index (χ1n) is 9.24. The normalized spacial score (nSPS) is 10.8. The minimum Gasteiger partial charge on any atom is -0.493 e. The van der Waals surface area contributed by atoms with E-state index in [-0.39, 0.29) is 5.82 Å². The van der Waals surface area contributed by atoms with Crippen LogP contribution in [-0.2, 0) is 19.6 Å². The molecule has 0 aromatic heterocycles. The van der Waals surface area contributed by atoms with Crippen molar-refractivity contribution >= 4 is 27.5 Å². The predicted molar refractivity (Wildman–Crippen MR) is 118 cm³/mol. The van der Waals surface area contributed by atoms with Gasteiger partial charge in [-0.1, -0.05) is 51.8 Å². The van der Waals surface area contributed by atoms with Crippen LogP contribution in [0.2, 0.25) is 5.02 Å². The van der Waals surface area contributed by atoms with Gasteiger partial charge in [-0.2, -0.15) is 0 Å². The van der Waals surface area contributed by atoms with Crippen molar-refractivity contribution < 1.29 is 13.9 Å². The summed E-state index contributed by atoms with van der Waals surface area (Å²) in [7, 11) is 1.63. The number of hydrogen-bond acceptors (Lipinski definition) is 3. The van der Waals surface area contributed by atoms with Crippen molar-refractivity contribution in [3.05, 3.63) is 92.7 Å². The number of rotatable bonds is 9. The van der Waals surface area contributed by atoms with Gasteiger partial charge in [0, 0.05) is 16.0 Å². The second-order valence-corrected chi connectivity index (χ2v) is 7.86. The number of halogens is 3. The van der Waals surface area contributed by atoms with Gasteiger partial charge in [-0.3, -0.25) is 0 Å². The van der Waals surface area contributed by atoms with E-state index in [2.05, 4.69) is 21.2 Å². The molecule has 0 saturated carbocycles. The third-order valence-electron chi connectivity index (χ3n) is 4.44. The van der Waals surface area contributed by atoms with Gasteiger partial charge in [-0.25, -0.2) is 4.39 Å². The van der Waals surface area contributed by atoms with E-state index in [0.29, 0.717) is 29.7 Å². The van der Waals surface area contributed by atoms with Crippen molar-refractivity contribution in [1.82, 2.24) is 5.32 Å². The Bertz CT molecular complexity index is 950. The van der Waals surface area contributed by atoms with Crippen LogP contribution in [0.4, 0.5) is 4.39 Å². The Morgan fingerprint density at radius 2 is 1.79 bits per heavy atom. The Kier molecular flexibility index (Phi) is 7.92. The minimum atomic E-state index is -0.213. The minimum absolute atomic E-state index is 0.213. The second kappa shape index (κ2) is 10.6. The largest absolute Gasteiger partial charge is 0.493 e. The predicted octanol–water partition coefficient (Wildman–Crippen LogP) is 6.16. The summed E-state index contributed by atoms with van der Waals surface area (Å²) in [5.41, 5.74) is 3.15. The monoisotopic (exact) mass is 477 g/mol. The highest BCUT2D eigenvalue weighted by Gasteiger charge is 2.11. The Morgan fingerprint density at radius 1 is 1.00 bits per heavy atom. The second-order valence-electron chi connectivity index (χ2n) is 6.57. The Labute approximate surface area is 183 Å². The summed E-state index contributed by atoms with van der Waals surface area (Å²) in [6.45, 7) is 1.86. The molecule has 3 aromatic rings. The molecule has 0 heterocycles. The molecular weight excluding hydrogens is 457 g/mol. The molecule has 29 heavy (non-hydrogen) atoms. The SMILES string of the molecule is COc1cc(CNCCc2ccc(F)cc2)c(Br)cc1OCc1cccc(Cl)c1. The average molecular weight is 479 g/mol. The molecule has 0 bridgehead atoms. The van der Waals surface area contributed by atoms with Crippen molar-refractivity contribution in [3.8, 4) is 11.5 Å². The van der Waals surface area contributed by atoms with E-state index < -0.39 is 0 Å². The number of ether oxygens (including phenoxy) is 2. The van der Waals surface area contributed by atoms with Crippen LogP contribution >= 0.6 is 27.5 Å². The van der Waals surface area contributed by atoms with E-state index in [9.17, 15) is 4.39 Å². The van der Waals surface area contributed by atoms with Gasteiger partial charge >= 0.3 is 0 Å². The van der Waals surface area contributed by atoms with Gasteiger partial charge in [0.05, 0.1) is 7.11 Å². The van der Waals surface area contributed by atoms with Crippen LogP contribution in [-0.4, -0.2) is 13.7 Å². The Hall–Kier alpha value is -2.08. The molecule has 0 fully saturated rings. The molecule has 152 valence electrons. The fourth-order valence-corrected chi connectivity index (χ4v) is 3.56. The van der Waals surface area contributed by atoms with Gasteiger partial charge in [0.2, 0.25) is 0 Å². The first kappa shape index (κ1) is 21.6. The summed E-state index contributed by atoms with van der Waals surface area (Å²) in [6, 6.07) is 18.0. The molecule has 0 amide bonds. The fourth-order valence-electron chi connectivity index (χ4n) is 2.88. The summed E-state index contributed by atoms with van der Waals surface area (Å²) in [5, 5.41) is 4.09. The zero-order valence-electron chi connectivity index (χ0n) is 16.1. The summed E-state index contributed by atoms with van der Waals surface area (Å²) in [5.74, 6) is 1.12. The van der Waals surface area contributed by atoms with Crippen LogP contribution in [0.1, 0.15) is 16.7 Å². The molecule has 0 atom stereocenters. The van der Waals surface area contributed by atoms with Gasteiger partial charge in [0.15, 0.2) is 11.5 Å². The summed E-state index contributed by atoms with van der Waals surface area (Å²) < 4.78 is 25.3. The zero-order chi connectivity index (χ0) is 20.6. The molecule has 3 rings (SSSR count). The molecule has 0 aliphatic rings. The summed E-state index contributed by atoms with van der Waals surface area (Å²) in [6.07, 6.45) is 0.829. The molecule has 0 unspecified atom stereocenters. The van der Waals surface area contributed by atoms with Crippen LogP contribution in [0.15, 0.2) is 65.1 Å². The maximum atomic E-state index is 13.0. The molecule has 0 aliphatic carbocycles. The summed E-state index contributed by atoms with van der Waals surface area (Å²) in [4.78, 5) is 0. The van der Waals surface area contributed by atoms with Crippen LogP contribution in [0.25, 0.3) is 0 Å². The van der Waals surface area contributed by atoms with E-state index >= 15 is 0 Å². The van der Waals surface area contributed by atoms with Crippen LogP contribution in [0.3, 0.4) is 0 Å². The van der Waals surface area contributed by atoms with Crippen LogP contribution in [0, 0.1) is 5.82 Å². The standard InChI is InChI=1S/C23H22BrClFNO2/c1-28-22-12-18(14-27-10-9-16-5-7-20(26)8-6-16)21(24)13-23(22)29-15-17-3-2-4-19(25)11-17/h2-8,11-13,27H,9-10,14-15H2,1H3. The van der Waals surface area contributed by atoms with Crippen molar-refractivity contribution in [2.45, 2.75) is 19.6 Å². The van der Waals surface area contributed by atoms with E-state index in [1.807, 2.05) is 48.5 Å². The number of benzene rings is 3. The highest BCUT2D eigenvalue weighted by molar-refractivity contribution is 9.10. The molecule has 3 aromatic carbocycles. The van der Waals surface area contributed by atoms with Crippen molar-refractivity contribution in [3.63, 3.8) is 0 Å². The Morgan fingerprint density at radius 3 is 2.52 bits per heavy atom. The lowest BCUT2D eigenvalue weighted by Gasteiger charge is -2.15. The average Bonchev–Trinajstić information content (AvgIpc) is 2.72. The number of methoxy groups -OCH3 is 1. The molecule has 0 aliphatic heterocycles. The van der Waals surface area contributed by atoms with E-state index in [0.717, 1.165) is 34.1 Å². The quantitative estimate of drug-likeness (QED) is 0.374. The topological polar surface area (TPSA) is 30.5 Å². The van der Waals surface area contributed by atoms with Gasteiger partial charge in [-0.15, -0.1) is 0 Å². The lowest BCUT2D eigenvalue weighted by molar-refractivity contribution is 0.284. The third-order valence-corrected chi connectivity index (χ3v) is 5.41. The fraction of sp³-hybridized carbons (Fsp3) is 0.217. The molecule has 0 saturated heterocycles. The van der Waals surface area contributed by atoms with Gasteiger partial charge in [0.1, 0.15) is 12.4 Å². The first-order valence-corrected chi connectivity index (χ1v) is 10.4. The Balaban J connectivity index is 1.57. The molecule has 0 radical (unpaired) electrons. The van der Waals surface area contributed by atoms with Gasteiger partial charge < -0.3 is 14.8 Å². The van der Waals surface area contributed by atoms with E-state index in [1.165, 1.54) is 12.1 Å². The van der Waals surface area contributed by atoms with E-state index in [4.69, 9.17) is 21.1 Å². The lowest BCUT2D eigenvalue weighted by Crippen LogP contribution is -2.17. The molecule has 3 nitrogen and oxygen atoms in total. The number of nitrogens with one attached hydrogen (secondary N) is 1. The van der Waals surface area contributed by atoms with Gasteiger partial charge in [-0.05, 0) is 66.1 Å². The summed E-state index contributed by atoms with van der Waals surface area (Å²) >= 11 is 9.64. The maximum Gasteiger partial charge on any atom is 0.162 e. The molecule has 6 heteroatoms. The lowest BCUT2D eigenvalue weighted by atomic mass is 10.1. The maximum absolute atomic E-state index is 13.0. The van der Waals surface area contributed by atoms with Crippen molar-refractivity contribution in [2.75, 3.05) is 13.7 Å². The van der Waals surface area contributed by atoms with E-state index in [1.54, 1.807) is 7.11 Å². The molecule has 0 spiro atoms. The highest BCUT2D eigenvalue weighted by Crippen LogP contribution is 2.34. The molecule has 1 N–H and O–H groups in total. The first-order chi connectivity index (χ1) is 14.0. The third kappa shape index (κ3) is 6.46. The number of hydrogen-bond donors (Lipinski definition) is 1. The molecular formula is C23H22BrClFNO2. The highest BCUT2D eigenvalue weighted by atomic mass is 79.9. The van der Waals surface area contributed by atoms with Crippen LogP contribution in [0.5, 0.6) is 11.5 Å². The zero-order valence-corrected chi connectivity index (χ0v) is 18.4.